The topological polar surface area (TPSA) is 29.1 Å². The van der Waals surface area contributed by atoms with Gasteiger partial charge in [-0.2, -0.15) is 0 Å². The molecule has 0 saturated heterocycles. The minimum absolute atomic E-state index is 0.125. The maximum Gasteiger partial charge on any atom is 0.0975 e. The van der Waals surface area contributed by atoms with E-state index in [-0.39, 0.29) is 10.8 Å². The zero-order chi connectivity index (χ0) is 10.6. The molecule has 0 amide bonds. The van der Waals surface area contributed by atoms with E-state index in [1.54, 1.807) is 0 Å². The van der Waals surface area contributed by atoms with Crippen LogP contribution in [0.4, 0.5) is 0 Å². The quantitative estimate of drug-likeness (QED) is 0.698. The van der Waals surface area contributed by atoms with Gasteiger partial charge >= 0.3 is 0 Å². The third-order valence-electron chi connectivity index (χ3n) is 1.77. The molecular weight excluding hydrogens is 182 g/mol. The third kappa shape index (κ3) is 4.58. The smallest absolute Gasteiger partial charge is 0.0975 e. The van der Waals surface area contributed by atoms with Gasteiger partial charge in [0.05, 0.1) is 15.7 Å². The van der Waals surface area contributed by atoms with Gasteiger partial charge in [0.15, 0.2) is 0 Å². The van der Waals surface area contributed by atoms with Crippen LogP contribution in [0.1, 0.15) is 34.6 Å². The normalized spacial score (nSPS) is 17.1. The van der Waals surface area contributed by atoms with Crippen LogP contribution in [0.3, 0.4) is 0 Å². The number of hydrogen-bond acceptors (Lipinski definition) is 1. The van der Waals surface area contributed by atoms with Gasteiger partial charge in [-0.05, 0) is 26.7 Å². The van der Waals surface area contributed by atoms with E-state index in [1.165, 1.54) is 0 Å². The zero-order valence-electron chi connectivity index (χ0n) is 9.26. The monoisotopic (exact) mass is 203 g/mol. The van der Waals surface area contributed by atoms with Gasteiger partial charge in [0.25, 0.3) is 0 Å². The first-order chi connectivity index (χ1) is 5.79. The summed E-state index contributed by atoms with van der Waals surface area (Å²) in [5.41, 5.74) is 0. The average Bonchev–Trinajstić information content (AvgIpc) is 1.96. The van der Waals surface area contributed by atoms with Gasteiger partial charge in [-0.3, -0.25) is 0 Å². The average molecular weight is 203 g/mol. The number of nitrogens with one attached hydrogen (secondary N) is 1. The molecule has 3 heteroatoms. The second kappa shape index (κ2) is 4.91. The highest BCUT2D eigenvalue weighted by Gasteiger charge is 2.22. The molecule has 0 fully saturated rings. The van der Waals surface area contributed by atoms with Crippen molar-refractivity contribution in [3.63, 3.8) is 0 Å². The molecule has 1 N–H and O–H groups in total. The highest BCUT2D eigenvalue weighted by molar-refractivity contribution is 7.84. The van der Waals surface area contributed by atoms with Crippen LogP contribution in [0.5, 0.6) is 0 Å². The van der Waals surface area contributed by atoms with E-state index in [0.29, 0.717) is 5.92 Å². The van der Waals surface area contributed by atoms with E-state index >= 15 is 0 Å². The Morgan fingerprint density at radius 1 is 1.38 bits per heavy atom. The lowest BCUT2D eigenvalue weighted by Gasteiger charge is -2.24. The maximum atomic E-state index is 11.7. The first-order valence-electron chi connectivity index (χ1n) is 4.59. The van der Waals surface area contributed by atoms with Crippen LogP contribution in [-0.4, -0.2) is 15.0 Å². The summed E-state index contributed by atoms with van der Waals surface area (Å²) in [4.78, 5) is 0. The van der Waals surface area contributed by atoms with Crippen LogP contribution < -0.4 is 4.72 Å². The molecule has 0 aromatic heterocycles. The SMILES string of the molecule is C=C[C@H](NS(=O)C(C)(C)C)C(C)C. The van der Waals surface area contributed by atoms with Crippen molar-refractivity contribution in [3.8, 4) is 0 Å². The van der Waals surface area contributed by atoms with Crippen LogP contribution in [0, 0.1) is 5.92 Å². The summed E-state index contributed by atoms with van der Waals surface area (Å²) in [6.45, 7) is 13.8. The van der Waals surface area contributed by atoms with Crippen molar-refractivity contribution in [2.45, 2.75) is 45.4 Å². The van der Waals surface area contributed by atoms with Crippen LogP contribution in [0.15, 0.2) is 12.7 Å². The Bertz CT molecular complexity index is 194. The van der Waals surface area contributed by atoms with E-state index in [1.807, 2.05) is 26.8 Å². The van der Waals surface area contributed by atoms with E-state index in [2.05, 4.69) is 25.1 Å². The van der Waals surface area contributed by atoms with Crippen molar-refractivity contribution < 1.29 is 4.21 Å². The summed E-state index contributed by atoms with van der Waals surface area (Å²) in [6.07, 6.45) is 1.81. The molecule has 78 valence electrons. The minimum Gasteiger partial charge on any atom is -0.242 e. The summed E-state index contributed by atoms with van der Waals surface area (Å²) in [7, 11) is -1.01. The molecule has 13 heavy (non-hydrogen) atoms. The van der Waals surface area contributed by atoms with Crippen molar-refractivity contribution >= 4 is 11.0 Å². The largest absolute Gasteiger partial charge is 0.242 e. The van der Waals surface area contributed by atoms with Crippen LogP contribution in [0.2, 0.25) is 0 Å². The summed E-state index contributed by atoms with van der Waals surface area (Å²) < 4.78 is 14.5. The molecule has 0 saturated carbocycles. The van der Waals surface area contributed by atoms with E-state index < -0.39 is 11.0 Å². The molecule has 0 radical (unpaired) electrons. The first kappa shape index (κ1) is 12.8. The maximum absolute atomic E-state index is 11.7. The summed E-state index contributed by atoms with van der Waals surface area (Å²) in [5, 5.41) is 0. The van der Waals surface area contributed by atoms with Crippen molar-refractivity contribution in [1.29, 1.82) is 0 Å². The molecule has 0 rings (SSSR count). The van der Waals surface area contributed by atoms with Crippen molar-refractivity contribution in [3.05, 3.63) is 12.7 Å². The Morgan fingerprint density at radius 3 is 2.08 bits per heavy atom. The Morgan fingerprint density at radius 2 is 1.85 bits per heavy atom. The van der Waals surface area contributed by atoms with Crippen LogP contribution in [0.25, 0.3) is 0 Å². The second-order valence-electron chi connectivity index (χ2n) is 4.50. The highest BCUT2D eigenvalue weighted by atomic mass is 32.2. The van der Waals surface area contributed by atoms with Gasteiger partial charge < -0.3 is 0 Å². The second-order valence-corrected chi connectivity index (χ2v) is 6.50. The molecule has 2 nitrogen and oxygen atoms in total. The predicted molar refractivity (Wildman–Crippen MR) is 59.9 cm³/mol. The highest BCUT2D eigenvalue weighted by Crippen LogP contribution is 2.12. The molecule has 0 aliphatic rings. The van der Waals surface area contributed by atoms with Gasteiger partial charge in [0.2, 0.25) is 0 Å². The van der Waals surface area contributed by atoms with Crippen LogP contribution >= 0.6 is 0 Å². The van der Waals surface area contributed by atoms with Gasteiger partial charge in [0, 0.05) is 6.04 Å². The Balaban J connectivity index is 4.26. The third-order valence-corrected chi connectivity index (χ3v) is 3.37. The van der Waals surface area contributed by atoms with Gasteiger partial charge in [0.1, 0.15) is 0 Å². The Kier molecular flexibility index (Phi) is 4.86. The lowest BCUT2D eigenvalue weighted by Crippen LogP contribution is -2.41. The number of hydrogen-bond donors (Lipinski definition) is 1. The molecule has 1 unspecified atom stereocenters. The molecule has 0 spiro atoms. The lowest BCUT2D eigenvalue weighted by molar-refractivity contribution is 0.526. The van der Waals surface area contributed by atoms with Crippen molar-refractivity contribution in [1.82, 2.24) is 4.72 Å². The molecular formula is C10H21NOS. The van der Waals surface area contributed by atoms with E-state index in [0.717, 1.165) is 0 Å². The fourth-order valence-electron chi connectivity index (χ4n) is 0.757. The summed E-state index contributed by atoms with van der Waals surface area (Å²) in [5.74, 6) is 0.420. The van der Waals surface area contributed by atoms with E-state index in [4.69, 9.17) is 0 Å². The number of rotatable bonds is 4. The van der Waals surface area contributed by atoms with Gasteiger partial charge in [-0.25, -0.2) is 8.93 Å². The van der Waals surface area contributed by atoms with Crippen molar-refractivity contribution in [2.75, 3.05) is 0 Å². The molecule has 0 aromatic carbocycles. The standard InChI is InChI=1S/C10H21NOS/c1-7-9(8(2)3)11-13(12)10(4,5)6/h7-9,11H,1H2,2-6H3/t9-,13?/m0/s1. The first-order valence-corrected chi connectivity index (χ1v) is 5.74. The Hall–Kier alpha value is -0.150. The Labute approximate surface area is 84.4 Å². The fourth-order valence-corrected chi connectivity index (χ4v) is 1.73. The zero-order valence-corrected chi connectivity index (χ0v) is 10.1. The van der Waals surface area contributed by atoms with Gasteiger partial charge in [-0.1, -0.05) is 19.9 Å². The molecule has 0 bridgehead atoms. The molecule has 0 heterocycles. The lowest BCUT2D eigenvalue weighted by atomic mass is 10.1. The molecule has 0 aliphatic heterocycles. The molecule has 0 aliphatic carbocycles. The summed E-state index contributed by atoms with van der Waals surface area (Å²) >= 11 is 0. The summed E-state index contributed by atoms with van der Waals surface area (Å²) in [6, 6.07) is 0.125. The van der Waals surface area contributed by atoms with E-state index in [9.17, 15) is 4.21 Å². The predicted octanol–water partition coefficient (Wildman–Crippen LogP) is 2.25. The van der Waals surface area contributed by atoms with Crippen LogP contribution in [-0.2, 0) is 11.0 Å². The fraction of sp³-hybridized carbons (Fsp3) is 0.800. The molecule has 2 atom stereocenters. The minimum atomic E-state index is -1.01. The van der Waals surface area contributed by atoms with Gasteiger partial charge in [-0.15, -0.1) is 6.58 Å². The molecule has 0 aromatic rings. The van der Waals surface area contributed by atoms with Crippen molar-refractivity contribution in [2.24, 2.45) is 5.92 Å².